The van der Waals surface area contributed by atoms with Crippen LogP contribution in [0.2, 0.25) is 0 Å². The normalized spacial score (nSPS) is 31.2. The van der Waals surface area contributed by atoms with E-state index in [2.05, 4.69) is 22.8 Å². The van der Waals surface area contributed by atoms with Gasteiger partial charge in [-0.25, -0.2) is 0 Å². The maximum absolute atomic E-state index is 11.9. The van der Waals surface area contributed by atoms with Crippen molar-refractivity contribution in [3.63, 3.8) is 0 Å². The highest BCUT2D eigenvalue weighted by atomic mass is 16.1. The minimum absolute atomic E-state index is 0.219. The lowest BCUT2D eigenvalue weighted by Gasteiger charge is -2.26. The largest absolute Gasteiger partial charge is 0.352 e. The summed E-state index contributed by atoms with van der Waals surface area (Å²) in [5.41, 5.74) is 0. The average Bonchev–Trinajstić information content (AvgIpc) is 2.31. The number of allylic oxidation sites excluding steroid dienone is 2. The summed E-state index contributed by atoms with van der Waals surface area (Å²) in [6.07, 6.45) is 9.60. The fourth-order valence-corrected chi connectivity index (χ4v) is 2.33. The summed E-state index contributed by atoms with van der Waals surface area (Å²) in [4.78, 5) is 11.9. The van der Waals surface area contributed by atoms with Crippen LogP contribution >= 0.6 is 0 Å². The van der Waals surface area contributed by atoms with Crippen molar-refractivity contribution in [1.82, 2.24) is 10.6 Å². The van der Waals surface area contributed by atoms with Crippen LogP contribution in [0.3, 0.4) is 0 Å². The zero-order valence-corrected chi connectivity index (χ0v) is 9.17. The molecule has 2 aliphatic rings. The topological polar surface area (TPSA) is 41.1 Å². The Morgan fingerprint density at radius 1 is 1.33 bits per heavy atom. The Kier molecular flexibility index (Phi) is 3.78. The second-order valence-electron chi connectivity index (χ2n) is 4.53. The van der Waals surface area contributed by atoms with Crippen molar-refractivity contribution in [3.8, 4) is 0 Å². The lowest BCUT2D eigenvalue weighted by molar-refractivity contribution is -0.126. The van der Waals surface area contributed by atoms with Crippen LogP contribution in [-0.4, -0.2) is 25.0 Å². The van der Waals surface area contributed by atoms with Gasteiger partial charge in [-0.3, -0.25) is 4.79 Å². The molecule has 1 heterocycles. The molecule has 0 aromatic rings. The zero-order valence-electron chi connectivity index (χ0n) is 9.17. The summed E-state index contributed by atoms with van der Waals surface area (Å²) in [7, 11) is 0. The Hall–Kier alpha value is -0.830. The Balaban J connectivity index is 1.77. The van der Waals surface area contributed by atoms with E-state index >= 15 is 0 Å². The molecule has 0 aromatic carbocycles. The fourth-order valence-electron chi connectivity index (χ4n) is 2.33. The van der Waals surface area contributed by atoms with Gasteiger partial charge >= 0.3 is 0 Å². The quantitative estimate of drug-likeness (QED) is 0.670. The van der Waals surface area contributed by atoms with E-state index in [1.807, 2.05) is 0 Å². The minimum Gasteiger partial charge on any atom is -0.352 e. The van der Waals surface area contributed by atoms with Crippen molar-refractivity contribution in [1.29, 1.82) is 0 Å². The van der Waals surface area contributed by atoms with Crippen LogP contribution < -0.4 is 10.6 Å². The molecule has 0 spiro atoms. The fraction of sp³-hybridized carbons (Fsp3) is 0.750. The van der Waals surface area contributed by atoms with Crippen LogP contribution in [0.1, 0.15) is 32.1 Å². The number of carbonyl (C=O) groups excluding carboxylic acids is 1. The van der Waals surface area contributed by atoms with E-state index < -0.39 is 0 Å². The van der Waals surface area contributed by atoms with Crippen LogP contribution in [0.15, 0.2) is 12.2 Å². The van der Waals surface area contributed by atoms with Crippen LogP contribution in [0.4, 0.5) is 0 Å². The first-order valence-corrected chi connectivity index (χ1v) is 6.02. The number of rotatable bonds is 2. The second kappa shape index (κ2) is 5.31. The Morgan fingerprint density at radius 3 is 2.93 bits per heavy atom. The molecule has 2 N–H and O–H groups in total. The van der Waals surface area contributed by atoms with E-state index in [0.29, 0.717) is 6.04 Å². The van der Waals surface area contributed by atoms with Gasteiger partial charge in [-0.2, -0.15) is 0 Å². The lowest BCUT2D eigenvalue weighted by atomic mass is 9.93. The molecule has 84 valence electrons. The third-order valence-corrected chi connectivity index (χ3v) is 3.28. The highest BCUT2D eigenvalue weighted by molar-refractivity contribution is 5.79. The summed E-state index contributed by atoms with van der Waals surface area (Å²) < 4.78 is 0. The lowest BCUT2D eigenvalue weighted by Crippen LogP contribution is -2.47. The summed E-state index contributed by atoms with van der Waals surface area (Å²) in [5.74, 6) is 0.477. The first-order chi connectivity index (χ1) is 7.36. The summed E-state index contributed by atoms with van der Waals surface area (Å²) in [6.45, 7) is 2.03. The number of carbonyl (C=O) groups is 1. The third kappa shape index (κ3) is 3.06. The first kappa shape index (κ1) is 10.7. The summed E-state index contributed by atoms with van der Waals surface area (Å²) in [6, 6.07) is 0.358. The second-order valence-corrected chi connectivity index (χ2v) is 4.53. The van der Waals surface area contributed by atoms with E-state index in [0.717, 1.165) is 38.8 Å². The maximum atomic E-state index is 11.9. The predicted molar refractivity (Wildman–Crippen MR) is 60.5 cm³/mol. The zero-order chi connectivity index (χ0) is 10.5. The van der Waals surface area contributed by atoms with Gasteiger partial charge in [0, 0.05) is 18.5 Å². The van der Waals surface area contributed by atoms with Gasteiger partial charge in [0.05, 0.1) is 0 Å². The monoisotopic (exact) mass is 208 g/mol. The molecule has 15 heavy (non-hydrogen) atoms. The summed E-state index contributed by atoms with van der Waals surface area (Å²) >= 11 is 0. The Morgan fingerprint density at radius 2 is 2.27 bits per heavy atom. The van der Waals surface area contributed by atoms with E-state index in [-0.39, 0.29) is 11.8 Å². The van der Waals surface area contributed by atoms with Gasteiger partial charge in [-0.15, -0.1) is 0 Å². The van der Waals surface area contributed by atoms with Gasteiger partial charge in [-0.05, 0) is 38.6 Å². The minimum atomic E-state index is 0.219. The van der Waals surface area contributed by atoms with Crippen molar-refractivity contribution in [3.05, 3.63) is 12.2 Å². The number of amides is 1. The molecule has 3 nitrogen and oxygen atoms in total. The molecule has 3 heteroatoms. The summed E-state index contributed by atoms with van der Waals surface area (Å²) in [5, 5.41) is 6.47. The van der Waals surface area contributed by atoms with Crippen molar-refractivity contribution in [2.75, 3.05) is 13.1 Å². The molecular formula is C12H20N2O. The van der Waals surface area contributed by atoms with Crippen molar-refractivity contribution >= 4 is 5.91 Å². The van der Waals surface area contributed by atoms with Gasteiger partial charge in [0.1, 0.15) is 0 Å². The highest BCUT2D eigenvalue weighted by Gasteiger charge is 2.22. The molecule has 0 saturated carbocycles. The van der Waals surface area contributed by atoms with Gasteiger partial charge < -0.3 is 10.6 Å². The number of hydrogen-bond donors (Lipinski definition) is 2. The molecule has 0 radical (unpaired) electrons. The molecule has 0 aromatic heterocycles. The van der Waals surface area contributed by atoms with Crippen LogP contribution in [0, 0.1) is 5.92 Å². The van der Waals surface area contributed by atoms with Gasteiger partial charge in [0.25, 0.3) is 0 Å². The Labute approximate surface area is 91.3 Å². The average molecular weight is 208 g/mol. The van der Waals surface area contributed by atoms with Crippen molar-refractivity contribution in [2.45, 2.75) is 38.1 Å². The number of hydrogen-bond acceptors (Lipinski definition) is 2. The first-order valence-electron chi connectivity index (χ1n) is 6.02. The molecule has 1 amide bonds. The van der Waals surface area contributed by atoms with Crippen LogP contribution in [0.25, 0.3) is 0 Å². The highest BCUT2D eigenvalue weighted by Crippen LogP contribution is 2.18. The molecule has 2 rings (SSSR count). The molecule has 1 fully saturated rings. The molecule has 2 atom stereocenters. The molecular weight excluding hydrogens is 188 g/mol. The number of nitrogens with one attached hydrogen (secondary N) is 2. The Bertz CT molecular complexity index is 244. The molecule has 1 saturated heterocycles. The van der Waals surface area contributed by atoms with Crippen LogP contribution in [0.5, 0.6) is 0 Å². The van der Waals surface area contributed by atoms with E-state index in [1.54, 1.807) is 0 Å². The van der Waals surface area contributed by atoms with Gasteiger partial charge in [-0.1, -0.05) is 12.2 Å². The molecule has 2 unspecified atom stereocenters. The van der Waals surface area contributed by atoms with E-state index in [9.17, 15) is 4.79 Å². The number of piperidine rings is 1. The SMILES string of the molecule is O=C(NC1CCCNC1)C1CC=CCC1. The van der Waals surface area contributed by atoms with Crippen molar-refractivity contribution < 1.29 is 4.79 Å². The van der Waals surface area contributed by atoms with E-state index in [4.69, 9.17) is 0 Å². The van der Waals surface area contributed by atoms with Crippen molar-refractivity contribution in [2.24, 2.45) is 5.92 Å². The molecule has 1 aliphatic heterocycles. The maximum Gasteiger partial charge on any atom is 0.223 e. The predicted octanol–water partition coefficient (Wildman–Crippen LogP) is 1.21. The molecule has 1 aliphatic carbocycles. The van der Waals surface area contributed by atoms with Gasteiger partial charge in [0.15, 0.2) is 0 Å². The molecule has 0 bridgehead atoms. The smallest absolute Gasteiger partial charge is 0.223 e. The standard InChI is InChI=1S/C12H20N2O/c15-12(10-5-2-1-3-6-10)14-11-7-4-8-13-9-11/h1-2,10-11,13H,3-9H2,(H,14,15). The van der Waals surface area contributed by atoms with Gasteiger partial charge in [0.2, 0.25) is 5.91 Å². The van der Waals surface area contributed by atoms with E-state index in [1.165, 1.54) is 6.42 Å². The third-order valence-electron chi connectivity index (χ3n) is 3.28. The van der Waals surface area contributed by atoms with Crippen LogP contribution in [-0.2, 0) is 4.79 Å².